The van der Waals surface area contributed by atoms with Crippen LogP contribution >= 0.6 is 0 Å². The Morgan fingerprint density at radius 2 is 1.78 bits per heavy atom. The Kier molecular flexibility index (Phi) is 9.25. The Morgan fingerprint density at radius 1 is 1.11 bits per heavy atom. The first-order chi connectivity index (χ1) is 17.5. The quantitative estimate of drug-likeness (QED) is 0.369. The van der Waals surface area contributed by atoms with Gasteiger partial charge in [-0.3, -0.25) is 24.0 Å². The highest BCUT2D eigenvalue weighted by Crippen LogP contribution is 2.24. The number of sulfonamides is 1. The van der Waals surface area contributed by atoms with E-state index in [9.17, 15) is 28.1 Å². The van der Waals surface area contributed by atoms with Crippen LogP contribution in [-0.4, -0.2) is 54.9 Å². The number of nitrogens with one attached hydrogen (secondary N) is 1. The van der Waals surface area contributed by atoms with E-state index in [0.29, 0.717) is 0 Å². The minimum atomic E-state index is -3.97. The van der Waals surface area contributed by atoms with Crippen LogP contribution in [0, 0.1) is 17.0 Å². The maximum Gasteiger partial charge on any atom is 0.271 e. The first kappa shape index (κ1) is 28.1. The lowest BCUT2D eigenvalue weighted by Gasteiger charge is -2.33. The number of hydrogen-bond donors (Lipinski definition) is 1. The van der Waals surface area contributed by atoms with Gasteiger partial charge in [-0.15, -0.1) is 0 Å². The number of amides is 2. The van der Waals surface area contributed by atoms with Gasteiger partial charge in [0, 0.05) is 24.7 Å². The van der Waals surface area contributed by atoms with E-state index in [1.807, 2.05) is 31.2 Å². The largest absolute Gasteiger partial charge is 0.352 e. The van der Waals surface area contributed by atoms with Crippen LogP contribution in [0.3, 0.4) is 0 Å². The fourth-order valence-electron chi connectivity index (χ4n) is 4.53. The molecule has 200 valence electrons. The molecule has 0 radical (unpaired) electrons. The standard InChI is InChI=1S/C26H34N4O6S/c1-19-9-7-10-21(15-19)17-28(20(2)26(32)27-22-11-5-4-6-12-22)25(31)18-29(37(3,35)36)23-13-8-14-24(16-23)30(33)34/h7-10,13-16,20,22H,4-6,11-12,17-18H2,1-3H3,(H,27,32). The number of nitrogens with zero attached hydrogens (tertiary/aromatic N) is 3. The molecule has 2 amide bonds. The van der Waals surface area contributed by atoms with E-state index >= 15 is 0 Å². The molecular formula is C26H34N4O6S. The Labute approximate surface area is 217 Å². The van der Waals surface area contributed by atoms with E-state index in [1.165, 1.54) is 23.1 Å². The predicted octanol–water partition coefficient (Wildman–Crippen LogP) is 3.54. The van der Waals surface area contributed by atoms with Crippen LogP contribution in [0.4, 0.5) is 11.4 Å². The molecule has 0 saturated heterocycles. The van der Waals surface area contributed by atoms with Crippen LogP contribution in [0.25, 0.3) is 0 Å². The van der Waals surface area contributed by atoms with Crippen molar-refractivity contribution in [3.8, 4) is 0 Å². The summed E-state index contributed by atoms with van der Waals surface area (Å²) in [6, 6.07) is 11.8. The predicted molar refractivity (Wildman–Crippen MR) is 141 cm³/mol. The van der Waals surface area contributed by atoms with Gasteiger partial charge in [0.2, 0.25) is 21.8 Å². The van der Waals surface area contributed by atoms with Gasteiger partial charge in [-0.1, -0.05) is 55.2 Å². The number of non-ortho nitro benzene ring substituents is 1. The van der Waals surface area contributed by atoms with Crippen molar-refractivity contribution >= 4 is 33.2 Å². The number of rotatable bonds is 10. The zero-order valence-electron chi connectivity index (χ0n) is 21.4. The number of nitro groups is 1. The molecule has 1 atom stereocenters. The van der Waals surface area contributed by atoms with Crippen molar-refractivity contribution in [3.05, 3.63) is 69.8 Å². The summed E-state index contributed by atoms with van der Waals surface area (Å²) in [6.45, 7) is 3.05. The summed E-state index contributed by atoms with van der Waals surface area (Å²) in [5, 5.41) is 14.3. The second kappa shape index (κ2) is 12.2. The van der Waals surface area contributed by atoms with Gasteiger partial charge < -0.3 is 10.2 Å². The first-order valence-electron chi connectivity index (χ1n) is 12.3. The number of hydrogen-bond acceptors (Lipinski definition) is 6. The molecule has 0 aromatic heterocycles. The molecule has 0 spiro atoms. The smallest absolute Gasteiger partial charge is 0.271 e. The first-order valence-corrected chi connectivity index (χ1v) is 14.2. The molecule has 0 heterocycles. The normalized spacial score (nSPS) is 15.0. The van der Waals surface area contributed by atoms with E-state index in [0.717, 1.165) is 59.9 Å². The lowest BCUT2D eigenvalue weighted by atomic mass is 9.95. The third kappa shape index (κ3) is 7.75. The van der Waals surface area contributed by atoms with Gasteiger partial charge >= 0.3 is 0 Å². The van der Waals surface area contributed by atoms with E-state index in [1.54, 1.807) is 6.92 Å². The molecule has 0 bridgehead atoms. The summed E-state index contributed by atoms with van der Waals surface area (Å²) >= 11 is 0. The van der Waals surface area contributed by atoms with Gasteiger partial charge in [-0.2, -0.15) is 0 Å². The van der Waals surface area contributed by atoms with Crippen molar-refractivity contribution in [3.63, 3.8) is 0 Å². The fourth-order valence-corrected chi connectivity index (χ4v) is 5.38. The van der Waals surface area contributed by atoms with Crippen molar-refractivity contribution < 1.29 is 22.9 Å². The molecule has 11 heteroatoms. The lowest BCUT2D eigenvalue weighted by Crippen LogP contribution is -2.53. The van der Waals surface area contributed by atoms with Crippen LogP contribution in [0.2, 0.25) is 0 Å². The second-order valence-electron chi connectivity index (χ2n) is 9.58. The molecule has 1 saturated carbocycles. The van der Waals surface area contributed by atoms with E-state index in [4.69, 9.17) is 0 Å². The monoisotopic (exact) mass is 530 g/mol. The van der Waals surface area contributed by atoms with Crippen molar-refractivity contribution in [2.75, 3.05) is 17.1 Å². The van der Waals surface area contributed by atoms with Crippen LogP contribution in [-0.2, 0) is 26.2 Å². The van der Waals surface area contributed by atoms with Crippen LogP contribution in [0.1, 0.15) is 50.2 Å². The van der Waals surface area contributed by atoms with Crippen LogP contribution in [0.15, 0.2) is 48.5 Å². The minimum Gasteiger partial charge on any atom is -0.352 e. The summed E-state index contributed by atoms with van der Waals surface area (Å²) in [4.78, 5) is 38.8. The zero-order chi connectivity index (χ0) is 27.2. The average Bonchev–Trinajstić information content (AvgIpc) is 2.85. The van der Waals surface area contributed by atoms with Crippen LogP contribution < -0.4 is 9.62 Å². The molecule has 0 aliphatic heterocycles. The molecule has 37 heavy (non-hydrogen) atoms. The lowest BCUT2D eigenvalue weighted by molar-refractivity contribution is -0.384. The van der Waals surface area contributed by atoms with E-state index in [2.05, 4.69) is 5.32 Å². The summed E-state index contributed by atoms with van der Waals surface area (Å²) < 4.78 is 26.1. The van der Waals surface area contributed by atoms with Gasteiger partial charge in [0.25, 0.3) is 5.69 Å². The van der Waals surface area contributed by atoms with Gasteiger partial charge in [-0.25, -0.2) is 8.42 Å². The molecular weight excluding hydrogens is 496 g/mol. The van der Waals surface area contributed by atoms with Gasteiger partial charge in [0.1, 0.15) is 12.6 Å². The van der Waals surface area contributed by atoms with Gasteiger partial charge in [-0.05, 0) is 38.3 Å². The number of anilines is 1. The number of carbonyl (C=O) groups excluding carboxylic acids is 2. The maximum absolute atomic E-state index is 13.6. The van der Waals surface area contributed by atoms with Crippen LogP contribution in [0.5, 0.6) is 0 Å². The van der Waals surface area contributed by atoms with Gasteiger partial charge in [0.05, 0.1) is 16.9 Å². The van der Waals surface area contributed by atoms with Gasteiger partial charge in [0.15, 0.2) is 0 Å². The molecule has 1 aliphatic rings. The van der Waals surface area contributed by atoms with Crippen molar-refractivity contribution in [2.24, 2.45) is 0 Å². The second-order valence-corrected chi connectivity index (χ2v) is 11.5. The average molecular weight is 531 g/mol. The molecule has 3 rings (SSSR count). The van der Waals surface area contributed by atoms with Crippen molar-refractivity contribution in [1.82, 2.24) is 10.2 Å². The van der Waals surface area contributed by atoms with E-state index in [-0.39, 0.29) is 29.9 Å². The third-order valence-corrected chi connectivity index (χ3v) is 7.70. The number of nitro benzene ring substituents is 1. The Morgan fingerprint density at radius 3 is 2.41 bits per heavy atom. The highest BCUT2D eigenvalue weighted by Gasteiger charge is 2.31. The highest BCUT2D eigenvalue weighted by molar-refractivity contribution is 7.92. The summed E-state index contributed by atoms with van der Waals surface area (Å²) in [7, 11) is -3.97. The number of aryl methyl sites for hydroxylation is 1. The summed E-state index contributed by atoms with van der Waals surface area (Å²) in [5.41, 5.74) is 1.49. The Hall–Kier alpha value is -3.47. The fraction of sp³-hybridized carbons (Fsp3) is 0.462. The number of carbonyl (C=O) groups is 2. The third-order valence-electron chi connectivity index (χ3n) is 6.56. The molecule has 10 nitrogen and oxygen atoms in total. The summed E-state index contributed by atoms with van der Waals surface area (Å²) in [6.07, 6.45) is 5.93. The minimum absolute atomic E-state index is 0.000124. The summed E-state index contributed by atoms with van der Waals surface area (Å²) in [5.74, 6) is -0.890. The zero-order valence-corrected chi connectivity index (χ0v) is 22.2. The molecule has 2 aromatic carbocycles. The van der Waals surface area contributed by atoms with Crippen molar-refractivity contribution in [2.45, 2.75) is 64.6 Å². The molecule has 1 aliphatic carbocycles. The number of benzene rings is 2. The maximum atomic E-state index is 13.6. The highest BCUT2D eigenvalue weighted by atomic mass is 32.2. The molecule has 2 aromatic rings. The van der Waals surface area contributed by atoms with E-state index < -0.39 is 33.4 Å². The Bertz CT molecular complexity index is 1240. The SMILES string of the molecule is Cc1cccc(CN(C(=O)CN(c2cccc([N+](=O)[O-])c2)S(C)(=O)=O)C(C)C(=O)NC2CCCCC2)c1. The molecule has 1 fully saturated rings. The Balaban J connectivity index is 1.90. The topological polar surface area (TPSA) is 130 Å². The molecule has 1 N–H and O–H groups in total. The molecule has 1 unspecified atom stereocenters. The van der Waals surface area contributed by atoms with Crippen molar-refractivity contribution in [1.29, 1.82) is 0 Å².